The second kappa shape index (κ2) is 9.91. The van der Waals surface area contributed by atoms with Gasteiger partial charge in [0.25, 0.3) is 5.56 Å². The van der Waals surface area contributed by atoms with Gasteiger partial charge in [0.2, 0.25) is 5.95 Å². The van der Waals surface area contributed by atoms with Crippen LogP contribution in [0.25, 0.3) is 0 Å². The monoisotopic (exact) mass is 436 g/mol. The van der Waals surface area contributed by atoms with E-state index in [0.717, 1.165) is 44.0 Å². The van der Waals surface area contributed by atoms with E-state index in [9.17, 15) is 9.18 Å². The third kappa shape index (κ3) is 5.70. The highest BCUT2D eigenvalue weighted by atomic mass is 19.1. The number of halogens is 1. The summed E-state index contributed by atoms with van der Waals surface area (Å²) in [6, 6.07) is 14.1. The van der Waals surface area contributed by atoms with Crippen LogP contribution in [-0.2, 0) is 6.42 Å². The van der Waals surface area contributed by atoms with E-state index >= 15 is 0 Å². The van der Waals surface area contributed by atoms with Gasteiger partial charge in [0.15, 0.2) is 0 Å². The van der Waals surface area contributed by atoms with Crippen molar-refractivity contribution in [1.82, 2.24) is 20.1 Å². The van der Waals surface area contributed by atoms with Crippen LogP contribution in [0.4, 0.5) is 21.7 Å². The van der Waals surface area contributed by atoms with Crippen LogP contribution in [0, 0.1) is 11.7 Å². The number of anilines is 3. The van der Waals surface area contributed by atoms with Crippen molar-refractivity contribution < 1.29 is 4.39 Å². The first-order valence-corrected chi connectivity index (χ1v) is 11.0. The van der Waals surface area contributed by atoms with Crippen molar-refractivity contribution in [2.24, 2.45) is 5.92 Å². The van der Waals surface area contributed by atoms with Gasteiger partial charge in [-0.3, -0.25) is 14.7 Å². The molecule has 2 N–H and O–H groups in total. The fraction of sp³-hybridized carbons (Fsp3) is 0.375. The minimum atomic E-state index is -0.317. The molecule has 0 spiro atoms. The molecule has 2 heterocycles. The van der Waals surface area contributed by atoms with Gasteiger partial charge >= 0.3 is 0 Å². The Morgan fingerprint density at radius 1 is 1.00 bits per heavy atom. The minimum Gasteiger partial charge on any atom is -0.369 e. The molecule has 0 saturated carbocycles. The van der Waals surface area contributed by atoms with E-state index < -0.39 is 0 Å². The smallest absolute Gasteiger partial charge is 0.274 e. The molecule has 1 aliphatic rings. The summed E-state index contributed by atoms with van der Waals surface area (Å²) in [6.45, 7) is 9.88. The summed E-state index contributed by atoms with van der Waals surface area (Å²) in [7, 11) is 0. The fourth-order valence-corrected chi connectivity index (χ4v) is 3.93. The second-order valence-corrected chi connectivity index (χ2v) is 8.61. The van der Waals surface area contributed by atoms with Gasteiger partial charge in [0.05, 0.1) is 0 Å². The van der Waals surface area contributed by atoms with Crippen molar-refractivity contribution in [2.45, 2.75) is 20.3 Å². The third-order valence-electron chi connectivity index (χ3n) is 5.54. The lowest BCUT2D eigenvalue weighted by molar-refractivity contribution is 0.231. The van der Waals surface area contributed by atoms with E-state index in [2.05, 4.69) is 56.3 Å². The SMILES string of the molecule is CC(C)CN1CCN(c2ccc(Nc3nnc(Cc4ccc(F)cc4)c(=O)[nH]3)cc2)CC1. The van der Waals surface area contributed by atoms with E-state index in [-0.39, 0.29) is 23.0 Å². The van der Waals surface area contributed by atoms with Crippen LogP contribution in [0.2, 0.25) is 0 Å². The van der Waals surface area contributed by atoms with Crippen molar-refractivity contribution in [3.8, 4) is 0 Å². The third-order valence-corrected chi connectivity index (χ3v) is 5.54. The Labute approximate surface area is 187 Å². The lowest BCUT2D eigenvalue weighted by Crippen LogP contribution is -2.47. The maximum absolute atomic E-state index is 13.0. The highest BCUT2D eigenvalue weighted by Crippen LogP contribution is 2.21. The highest BCUT2D eigenvalue weighted by molar-refractivity contribution is 5.59. The van der Waals surface area contributed by atoms with Gasteiger partial charge in [-0.15, -0.1) is 10.2 Å². The van der Waals surface area contributed by atoms with Crippen LogP contribution >= 0.6 is 0 Å². The quantitative estimate of drug-likeness (QED) is 0.591. The summed E-state index contributed by atoms with van der Waals surface area (Å²) < 4.78 is 13.0. The largest absolute Gasteiger partial charge is 0.369 e. The molecule has 1 aromatic heterocycles. The molecular formula is C24H29FN6O. The first kappa shape index (κ1) is 22.0. The average molecular weight is 437 g/mol. The summed E-state index contributed by atoms with van der Waals surface area (Å²) in [6.07, 6.45) is 0.294. The number of benzene rings is 2. The first-order valence-electron chi connectivity index (χ1n) is 11.0. The molecule has 7 nitrogen and oxygen atoms in total. The number of H-pyrrole nitrogens is 1. The molecule has 3 aromatic rings. The molecule has 8 heteroatoms. The van der Waals surface area contributed by atoms with Gasteiger partial charge in [0.1, 0.15) is 11.5 Å². The van der Waals surface area contributed by atoms with Crippen molar-refractivity contribution in [2.75, 3.05) is 42.9 Å². The molecule has 2 aromatic carbocycles. The van der Waals surface area contributed by atoms with E-state index in [4.69, 9.17) is 0 Å². The van der Waals surface area contributed by atoms with Crippen molar-refractivity contribution in [1.29, 1.82) is 0 Å². The number of aromatic amines is 1. The van der Waals surface area contributed by atoms with E-state index in [1.807, 2.05) is 12.1 Å². The van der Waals surface area contributed by atoms with Crippen molar-refractivity contribution in [3.63, 3.8) is 0 Å². The predicted molar refractivity (Wildman–Crippen MR) is 125 cm³/mol. The normalized spacial score (nSPS) is 14.7. The molecule has 4 rings (SSSR count). The second-order valence-electron chi connectivity index (χ2n) is 8.61. The van der Waals surface area contributed by atoms with E-state index in [1.54, 1.807) is 12.1 Å². The fourth-order valence-electron chi connectivity index (χ4n) is 3.93. The highest BCUT2D eigenvalue weighted by Gasteiger charge is 2.17. The summed E-state index contributed by atoms with van der Waals surface area (Å²) in [4.78, 5) is 20.0. The number of rotatable bonds is 7. The molecular weight excluding hydrogens is 407 g/mol. The maximum atomic E-state index is 13.0. The zero-order valence-corrected chi connectivity index (χ0v) is 18.5. The number of piperazine rings is 1. The Morgan fingerprint density at radius 2 is 1.69 bits per heavy atom. The number of hydrogen-bond donors (Lipinski definition) is 2. The Morgan fingerprint density at radius 3 is 2.31 bits per heavy atom. The lowest BCUT2D eigenvalue weighted by atomic mass is 10.1. The molecule has 0 atom stereocenters. The van der Waals surface area contributed by atoms with Crippen LogP contribution < -0.4 is 15.8 Å². The molecule has 0 amide bonds. The van der Waals surface area contributed by atoms with Crippen molar-refractivity contribution in [3.05, 3.63) is 76.0 Å². The van der Waals surface area contributed by atoms with Gasteiger partial charge in [-0.2, -0.15) is 0 Å². The maximum Gasteiger partial charge on any atom is 0.274 e. The number of nitrogens with zero attached hydrogens (tertiary/aromatic N) is 4. The van der Waals surface area contributed by atoms with E-state index in [0.29, 0.717) is 12.3 Å². The Hall–Kier alpha value is -3.26. The molecule has 1 saturated heterocycles. The van der Waals surface area contributed by atoms with Gasteiger partial charge < -0.3 is 10.2 Å². The molecule has 168 valence electrons. The number of aromatic nitrogens is 3. The summed E-state index contributed by atoms with van der Waals surface area (Å²) in [5.41, 5.74) is 2.78. The molecule has 0 aliphatic carbocycles. The van der Waals surface area contributed by atoms with Crippen LogP contribution in [0.1, 0.15) is 25.1 Å². The van der Waals surface area contributed by atoms with E-state index in [1.165, 1.54) is 17.8 Å². The van der Waals surface area contributed by atoms with Crippen LogP contribution in [0.5, 0.6) is 0 Å². The average Bonchev–Trinajstić information content (AvgIpc) is 2.78. The molecule has 0 unspecified atom stereocenters. The standard InChI is InChI=1S/C24H29FN6O/c1-17(2)16-30-11-13-31(14-12-30)21-9-7-20(8-10-21)26-24-27-23(32)22(28-29-24)15-18-3-5-19(25)6-4-18/h3-10,17H,11-16H2,1-2H3,(H2,26,27,29,32). The van der Waals surface area contributed by atoms with Crippen LogP contribution in [0.15, 0.2) is 53.3 Å². The molecule has 0 bridgehead atoms. The van der Waals surface area contributed by atoms with Gasteiger partial charge in [-0.1, -0.05) is 26.0 Å². The lowest BCUT2D eigenvalue weighted by Gasteiger charge is -2.36. The van der Waals surface area contributed by atoms with Crippen LogP contribution in [0.3, 0.4) is 0 Å². The zero-order valence-electron chi connectivity index (χ0n) is 18.5. The molecule has 1 aliphatic heterocycles. The van der Waals surface area contributed by atoms with Gasteiger partial charge in [-0.25, -0.2) is 4.39 Å². The minimum absolute atomic E-state index is 0.285. The topological polar surface area (TPSA) is 77.2 Å². The number of nitrogens with one attached hydrogen (secondary N) is 2. The first-order chi connectivity index (χ1) is 15.5. The summed E-state index contributed by atoms with van der Waals surface area (Å²) in [5.74, 6) is 0.666. The Bertz CT molecular complexity index is 1070. The zero-order chi connectivity index (χ0) is 22.5. The summed E-state index contributed by atoms with van der Waals surface area (Å²) >= 11 is 0. The number of hydrogen-bond acceptors (Lipinski definition) is 6. The van der Waals surface area contributed by atoms with Crippen molar-refractivity contribution >= 4 is 17.3 Å². The predicted octanol–water partition coefficient (Wildman–Crippen LogP) is 3.42. The Balaban J connectivity index is 1.35. The Kier molecular flexibility index (Phi) is 6.80. The molecule has 0 radical (unpaired) electrons. The van der Waals surface area contributed by atoms with Crippen LogP contribution in [-0.4, -0.2) is 52.8 Å². The molecule has 1 fully saturated rings. The van der Waals surface area contributed by atoms with Gasteiger partial charge in [-0.05, 0) is 47.9 Å². The molecule has 32 heavy (non-hydrogen) atoms. The van der Waals surface area contributed by atoms with Gasteiger partial charge in [0, 0.05) is 50.5 Å². The summed E-state index contributed by atoms with van der Waals surface area (Å²) in [5, 5.41) is 11.2.